The zero-order chi connectivity index (χ0) is 16.1. The second-order valence-electron chi connectivity index (χ2n) is 5.27. The zero-order valence-corrected chi connectivity index (χ0v) is 15.7. The molecule has 0 aliphatic rings. The number of ether oxygens (including phenoxy) is 1. The third kappa shape index (κ3) is 5.07. The van der Waals surface area contributed by atoms with Crippen molar-refractivity contribution in [1.29, 1.82) is 0 Å². The predicted molar refractivity (Wildman–Crippen MR) is 94.5 cm³/mol. The molecule has 0 heterocycles. The van der Waals surface area contributed by atoms with Gasteiger partial charge in [0.25, 0.3) is 0 Å². The smallest absolute Gasteiger partial charge is 0.138 e. The van der Waals surface area contributed by atoms with Crippen LogP contribution in [0.4, 0.5) is 4.39 Å². The van der Waals surface area contributed by atoms with Crippen molar-refractivity contribution in [2.24, 2.45) is 0 Å². The SMILES string of the molecule is CC(C)Oc1c(Br)cc(Br)cc1CNCc1ccc(F)cc1. The molecule has 1 N–H and O–H groups in total. The van der Waals surface area contributed by atoms with Gasteiger partial charge in [-0.1, -0.05) is 28.1 Å². The van der Waals surface area contributed by atoms with Crippen LogP contribution in [0.1, 0.15) is 25.0 Å². The van der Waals surface area contributed by atoms with Gasteiger partial charge < -0.3 is 10.1 Å². The van der Waals surface area contributed by atoms with E-state index in [2.05, 4.69) is 37.2 Å². The van der Waals surface area contributed by atoms with Crippen LogP contribution in [-0.2, 0) is 13.1 Å². The lowest BCUT2D eigenvalue weighted by Gasteiger charge is -2.17. The molecule has 2 rings (SSSR count). The number of halogens is 3. The molecule has 0 radical (unpaired) electrons. The summed E-state index contributed by atoms with van der Waals surface area (Å²) in [4.78, 5) is 0. The first-order valence-electron chi connectivity index (χ1n) is 7.05. The van der Waals surface area contributed by atoms with Crippen LogP contribution in [0.25, 0.3) is 0 Å². The molecular formula is C17H18Br2FNO. The summed E-state index contributed by atoms with van der Waals surface area (Å²) in [5.74, 6) is 0.636. The molecule has 22 heavy (non-hydrogen) atoms. The van der Waals surface area contributed by atoms with Crippen LogP contribution in [0.5, 0.6) is 5.75 Å². The molecule has 5 heteroatoms. The van der Waals surface area contributed by atoms with Crippen molar-refractivity contribution in [2.75, 3.05) is 0 Å². The Morgan fingerprint density at radius 1 is 1.09 bits per heavy atom. The van der Waals surface area contributed by atoms with E-state index in [1.807, 2.05) is 26.0 Å². The Morgan fingerprint density at radius 2 is 1.77 bits per heavy atom. The first-order chi connectivity index (χ1) is 10.5. The average Bonchev–Trinajstić information content (AvgIpc) is 2.44. The van der Waals surface area contributed by atoms with E-state index in [9.17, 15) is 4.39 Å². The number of benzene rings is 2. The third-order valence-electron chi connectivity index (χ3n) is 3.00. The van der Waals surface area contributed by atoms with Crippen molar-refractivity contribution < 1.29 is 9.13 Å². The van der Waals surface area contributed by atoms with Gasteiger partial charge in [-0.25, -0.2) is 4.39 Å². The highest BCUT2D eigenvalue weighted by molar-refractivity contribution is 9.11. The van der Waals surface area contributed by atoms with E-state index in [0.717, 1.165) is 25.8 Å². The van der Waals surface area contributed by atoms with E-state index >= 15 is 0 Å². The van der Waals surface area contributed by atoms with Gasteiger partial charge in [0, 0.05) is 23.1 Å². The number of hydrogen-bond acceptors (Lipinski definition) is 2. The fourth-order valence-corrected chi connectivity index (χ4v) is 3.46. The van der Waals surface area contributed by atoms with Crippen LogP contribution in [0.2, 0.25) is 0 Å². The minimum absolute atomic E-state index is 0.105. The maximum absolute atomic E-state index is 12.9. The Morgan fingerprint density at radius 3 is 2.41 bits per heavy atom. The Hall–Kier alpha value is -0.910. The van der Waals surface area contributed by atoms with Crippen LogP contribution in [0, 0.1) is 5.82 Å². The molecule has 0 aliphatic carbocycles. The Labute approximate surface area is 147 Å². The lowest BCUT2D eigenvalue weighted by molar-refractivity contribution is 0.238. The molecule has 0 atom stereocenters. The summed E-state index contributed by atoms with van der Waals surface area (Å²) < 4.78 is 20.7. The van der Waals surface area contributed by atoms with Crippen molar-refractivity contribution in [3.63, 3.8) is 0 Å². The van der Waals surface area contributed by atoms with Crippen LogP contribution in [0.15, 0.2) is 45.3 Å². The summed E-state index contributed by atoms with van der Waals surface area (Å²) in [6, 6.07) is 10.5. The summed E-state index contributed by atoms with van der Waals surface area (Å²) in [6.45, 7) is 5.34. The topological polar surface area (TPSA) is 21.3 Å². The van der Waals surface area contributed by atoms with Gasteiger partial charge in [-0.05, 0) is 59.6 Å². The molecule has 2 aromatic carbocycles. The number of hydrogen-bond donors (Lipinski definition) is 1. The van der Waals surface area contributed by atoms with Crippen LogP contribution in [-0.4, -0.2) is 6.10 Å². The molecule has 0 saturated carbocycles. The van der Waals surface area contributed by atoms with Gasteiger partial charge >= 0.3 is 0 Å². The second kappa shape index (κ2) is 8.09. The lowest BCUT2D eigenvalue weighted by Crippen LogP contribution is -2.15. The molecule has 0 amide bonds. The van der Waals surface area contributed by atoms with E-state index < -0.39 is 0 Å². The molecular weight excluding hydrogens is 413 g/mol. The van der Waals surface area contributed by atoms with E-state index in [1.54, 1.807) is 12.1 Å². The molecule has 0 aromatic heterocycles. The summed E-state index contributed by atoms with van der Waals surface area (Å²) in [5.41, 5.74) is 2.11. The highest BCUT2D eigenvalue weighted by atomic mass is 79.9. The summed E-state index contributed by atoms with van der Waals surface area (Å²) in [6.07, 6.45) is 0.105. The fraction of sp³-hybridized carbons (Fsp3) is 0.294. The quantitative estimate of drug-likeness (QED) is 0.659. The predicted octanol–water partition coefficient (Wildman–Crippen LogP) is 5.43. The van der Waals surface area contributed by atoms with E-state index in [1.165, 1.54) is 12.1 Å². The minimum atomic E-state index is -0.215. The largest absolute Gasteiger partial charge is 0.489 e. The Kier molecular flexibility index (Phi) is 6.41. The maximum atomic E-state index is 12.9. The monoisotopic (exact) mass is 429 g/mol. The fourth-order valence-electron chi connectivity index (χ4n) is 2.06. The van der Waals surface area contributed by atoms with E-state index in [-0.39, 0.29) is 11.9 Å². The van der Waals surface area contributed by atoms with Crippen molar-refractivity contribution in [2.45, 2.75) is 33.0 Å². The second-order valence-corrected chi connectivity index (χ2v) is 7.04. The first-order valence-corrected chi connectivity index (χ1v) is 8.64. The van der Waals surface area contributed by atoms with Crippen LogP contribution >= 0.6 is 31.9 Å². The Balaban J connectivity index is 2.06. The summed E-state index contributed by atoms with van der Waals surface area (Å²) in [7, 11) is 0. The molecule has 2 aromatic rings. The van der Waals surface area contributed by atoms with E-state index in [4.69, 9.17) is 4.74 Å². The standard InChI is InChI=1S/C17H18Br2FNO/c1-11(2)22-17-13(7-14(18)8-16(17)19)10-21-9-12-3-5-15(20)6-4-12/h3-8,11,21H,9-10H2,1-2H3. The number of nitrogens with one attached hydrogen (secondary N) is 1. The molecule has 2 nitrogen and oxygen atoms in total. The van der Waals surface area contributed by atoms with Crippen molar-refractivity contribution in [1.82, 2.24) is 5.32 Å². The molecule has 0 aliphatic heterocycles. The highest BCUT2D eigenvalue weighted by Crippen LogP contribution is 2.33. The molecule has 0 fully saturated rings. The lowest BCUT2D eigenvalue weighted by atomic mass is 10.2. The molecule has 0 unspecified atom stereocenters. The van der Waals surface area contributed by atoms with Crippen molar-refractivity contribution >= 4 is 31.9 Å². The summed E-state index contributed by atoms with van der Waals surface area (Å²) in [5, 5.41) is 3.36. The molecule has 0 bridgehead atoms. The maximum Gasteiger partial charge on any atom is 0.138 e. The van der Waals surface area contributed by atoms with Gasteiger partial charge in [0.05, 0.1) is 10.6 Å². The number of rotatable bonds is 6. The first kappa shape index (κ1) is 17.4. The molecule has 0 saturated heterocycles. The van der Waals surface area contributed by atoms with Gasteiger partial charge in [0.2, 0.25) is 0 Å². The normalized spacial score (nSPS) is 11.0. The van der Waals surface area contributed by atoms with Gasteiger partial charge in [-0.15, -0.1) is 0 Å². The van der Waals surface area contributed by atoms with Gasteiger partial charge in [-0.2, -0.15) is 0 Å². The third-order valence-corrected chi connectivity index (χ3v) is 4.04. The van der Waals surface area contributed by atoms with Gasteiger partial charge in [0.1, 0.15) is 11.6 Å². The highest BCUT2D eigenvalue weighted by Gasteiger charge is 2.11. The van der Waals surface area contributed by atoms with Crippen LogP contribution in [0.3, 0.4) is 0 Å². The van der Waals surface area contributed by atoms with Gasteiger partial charge in [0.15, 0.2) is 0 Å². The molecule has 0 spiro atoms. The minimum Gasteiger partial charge on any atom is -0.489 e. The zero-order valence-electron chi connectivity index (χ0n) is 12.5. The van der Waals surface area contributed by atoms with E-state index in [0.29, 0.717) is 13.1 Å². The summed E-state index contributed by atoms with van der Waals surface area (Å²) >= 11 is 7.05. The Bertz CT molecular complexity index is 629. The van der Waals surface area contributed by atoms with Crippen molar-refractivity contribution in [3.8, 4) is 5.75 Å². The molecule has 118 valence electrons. The van der Waals surface area contributed by atoms with Crippen LogP contribution < -0.4 is 10.1 Å². The average molecular weight is 431 g/mol. The van der Waals surface area contributed by atoms with Crippen molar-refractivity contribution in [3.05, 3.63) is 62.3 Å². The van der Waals surface area contributed by atoms with Gasteiger partial charge in [-0.3, -0.25) is 0 Å².